The smallest absolute Gasteiger partial charge is 0.318 e. The topological polar surface area (TPSA) is 143 Å². The number of nitrogens with zero attached hydrogens (tertiary/aromatic N) is 4. The average molecular weight is 510 g/mol. The number of hydrogen-bond donors (Lipinski definition) is 0. The number of nitro benzene ring substituents is 2. The van der Waals surface area contributed by atoms with Gasteiger partial charge in [-0.3, -0.25) is 25.2 Å². The van der Waals surface area contributed by atoms with E-state index in [9.17, 15) is 20.2 Å². The summed E-state index contributed by atoms with van der Waals surface area (Å²) in [7, 11) is 1.59. The molecule has 5 rings (SSSR count). The summed E-state index contributed by atoms with van der Waals surface area (Å²) >= 11 is 0. The highest BCUT2D eigenvalue weighted by molar-refractivity contribution is 5.85. The summed E-state index contributed by atoms with van der Waals surface area (Å²) in [5, 5.41) is 22.3. The molecule has 38 heavy (non-hydrogen) atoms. The van der Waals surface area contributed by atoms with Crippen molar-refractivity contribution in [2.24, 2.45) is 4.99 Å². The zero-order valence-corrected chi connectivity index (χ0v) is 19.8. The van der Waals surface area contributed by atoms with Crippen LogP contribution >= 0.6 is 0 Å². The van der Waals surface area contributed by atoms with Gasteiger partial charge in [-0.15, -0.1) is 0 Å². The number of methoxy groups -OCH3 is 1. The Kier molecular flexibility index (Phi) is 6.47. The van der Waals surface area contributed by atoms with Crippen LogP contribution in [0, 0.1) is 20.2 Å². The predicted octanol–water partition coefficient (Wildman–Crippen LogP) is 6.86. The van der Waals surface area contributed by atoms with Crippen molar-refractivity contribution in [1.82, 2.24) is 4.98 Å². The third-order valence-corrected chi connectivity index (χ3v) is 5.49. The summed E-state index contributed by atoms with van der Waals surface area (Å²) < 4.78 is 16.8. The molecule has 188 valence electrons. The minimum absolute atomic E-state index is 0.113. The Labute approximate surface area is 214 Å². The summed E-state index contributed by atoms with van der Waals surface area (Å²) in [6.07, 6.45) is 1.61. The van der Waals surface area contributed by atoms with Crippen LogP contribution in [0.25, 0.3) is 22.6 Å². The third kappa shape index (κ3) is 5.16. The number of ether oxygens (including phenoxy) is 2. The normalized spacial score (nSPS) is 11.1. The van der Waals surface area contributed by atoms with Crippen LogP contribution < -0.4 is 9.47 Å². The highest BCUT2D eigenvalue weighted by Gasteiger charge is 2.21. The van der Waals surface area contributed by atoms with Crippen LogP contribution in [0.1, 0.15) is 5.56 Å². The molecular formula is C27H18N4O7. The van der Waals surface area contributed by atoms with Crippen LogP contribution in [0.2, 0.25) is 0 Å². The molecule has 0 aliphatic carbocycles. The second kappa shape index (κ2) is 10.2. The number of oxazole rings is 1. The molecule has 0 saturated carbocycles. The minimum Gasteiger partial charge on any atom is -0.497 e. The lowest BCUT2D eigenvalue weighted by Gasteiger charge is -2.07. The number of nitro groups is 2. The minimum atomic E-state index is -0.729. The maximum Gasteiger partial charge on any atom is 0.318 e. The molecule has 11 heteroatoms. The van der Waals surface area contributed by atoms with E-state index >= 15 is 0 Å². The Hall–Kier alpha value is -5.58. The first-order valence-corrected chi connectivity index (χ1v) is 11.2. The lowest BCUT2D eigenvalue weighted by atomic mass is 10.2. The van der Waals surface area contributed by atoms with Gasteiger partial charge in [-0.05, 0) is 60.2 Å². The first-order chi connectivity index (χ1) is 18.4. The number of hydrogen-bond acceptors (Lipinski definition) is 9. The molecule has 0 fully saturated rings. The molecule has 5 aromatic rings. The zero-order valence-electron chi connectivity index (χ0n) is 19.8. The first kappa shape index (κ1) is 24.1. The van der Waals surface area contributed by atoms with Gasteiger partial charge in [-0.25, -0.2) is 4.98 Å². The average Bonchev–Trinajstić information content (AvgIpc) is 3.36. The highest BCUT2D eigenvalue weighted by atomic mass is 16.6. The molecule has 0 saturated heterocycles. The molecule has 0 spiro atoms. The monoisotopic (exact) mass is 510 g/mol. The van der Waals surface area contributed by atoms with Gasteiger partial charge in [0.2, 0.25) is 11.6 Å². The van der Waals surface area contributed by atoms with Gasteiger partial charge in [0, 0.05) is 17.8 Å². The number of benzene rings is 4. The Morgan fingerprint density at radius 2 is 1.71 bits per heavy atom. The molecule has 0 bridgehead atoms. The summed E-state index contributed by atoms with van der Waals surface area (Å²) in [6.45, 7) is 0. The van der Waals surface area contributed by atoms with Crippen molar-refractivity contribution in [3.63, 3.8) is 0 Å². The molecule has 0 unspecified atom stereocenters. The molecular weight excluding hydrogens is 492 g/mol. The van der Waals surface area contributed by atoms with E-state index in [4.69, 9.17) is 13.9 Å². The fourth-order valence-electron chi connectivity index (χ4n) is 3.66. The van der Waals surface area contributed by atoms with Crippen molar-refractivity contribution in [2.75, 3.05) is 7.11 Å². The van der Waals surface area contributed by atoms with E-state index in [2.05, 4.69) is 9.98 Å². The Morgan fingerprint density at radius 1 is 0.895 bits per heavy atom. The van der Waals surface area contributed by atoms with Crippen LogP contribution in [0.3, 0.4) is 0 Å². The van der Waals surface area contributed by atoms with Gasteiger partial charge in [-0.2, -0.15) is 0 Å². The fraction of sp³-hybridized carbons (Fsp3) is 0.0370. The first-order valence-electron chi connectivity index (χ1n) is 11.2. The summed E-state index contributed by atoms with van der Waals surface area (Å²) in [6, 6.07) is 22.7. The summed E-state index contributed by atoms with van der Waals surface area (Å²) in [5.74, 6) is 1.36. The molecule has 4 aromatic carbocycles. The lowest BCUT2D eigenvalue weighted by Crippen LogP contribution is -1.96. The molecule has 0 radical (unpaired) electrons. The molecule has 1 aromatic heterocycles. The molecule has 0 N–H and O–H groups in total. The van der Waals surface area contributed by atoms with Crippen molar-refractivity contribution >= 4 is 34.4 Å². The summed E-state index contributed by atoms with van der Waals surface area (Å²) in [4.78, 5) is 30.0. The maximum atomic E-state index is 11.4. The Balaban J connectivity index is 1.36. The van der Waals surface area contributed by atoms with Gasteiger partial charge in [0.05, 0.1) is 28.7 Å². The molecule has 0 atom stereocenters. The Bertz CT molecular complexity index is 1710. The fourth-order valence-corrected chi connectivity index (χ4v) is 3.66. The van der Waals surface area contributed by atoms with Crippen LogP contribution in [0.15, 0.2) is 94.3 Å². The van der Waals surface area contributed by atoms with E-state index < -0.39 is 21.2 Å². The van der Waals surface area contributed by atoms with Crippen molar-refractivity contribution in [3.05, 3.63) is 111 Å². The molecule has 0 aliphatic heterocycles. The zero-order chi connectivity index (χ0) is 26.6. The van der Waals surface area contributed by atoms with Crippen molar-refractivity contribution in [3.8, 4) is 28.7 Å². The van der Waals surface area contributed by atoms with Gasteiger partial charge in [0.15, 0.2) is 5.58 Å². The van der Waals surface area contributed by atoms with Gasteiger partial charge in [0.1, 0.15) is 17.0 Å². The van der Waals surface area contributed by atoms with Gasteiger partial charge in [0.25, 0.3) is 5.69 Å². The van der Waals surface area contributed by atoms with Crippen LogP contribution in [0.4, 0.5) is 17.1 Å². The number of rotatable bonds is 8. The SMILES string of the molecule is COc1cccc(-c2nc3cc(N=Cc4cccc(Oc5ccc([N+](=O)[O-])cc5[N+](=O)[O-])c4)ccc3o2)c1. The second-order valence-corrected chi connectivity index (χ2v) is 8.00. The van der Waals surface area contributed by atoms with Crippen molar-refractivity contribution in [2.45, 2.75) is 0 Å². The highest BCUT2D eigenvalue weighted by Crippen LogP contribution is 2.34. The van der Waals surface area contributed by atoms with Crippen LogP contribution in [-0.4, -0.2) is 28.2 Å². The summed E-state index contributed by atoms with van der Waals surface area (Å²) in [5.41, 5.74) is 2.44. The number of aromatic nitrogens is 1. The quantitative estimate of drug-likeness (QED) is 0.125. The maximum absolute atomic E-state index is 11.4. The van der Waals surface area contributed by atoms with E-state index in [0.29, 0.717) is 39.7 Å². The predicted molar refractivity (Wildman–Crippen MR) is 140 cm³/mol. The molecule has 0 aliphatic rings. The lowest BCUT2D eigenvalue weighted by molar-refractivity contribution is -0.394. The van der Waals surface area contributed by atoms with Crippen molar-refractivity contribution in [1.29, 1.82) is 0 Å². The largest absolute Gasteiger partial charge is 0.497 e. The van der Waals surface area contributed by atoms with E-state index in [1.165, 1.54) is 6.07 Å². The standard InChI is InChI=1S/C27H18N4O7/c1-36-21-6-3-5-18(13-21)27-29-23-14-19(8-10-25(23)38-27)28-16-17-4-2-7-22(12-17)37-26-11-9-20(30(32)33)15-24(26)31(34)35/h2-16H,1H3. The van der Waals surface area contributed by atoms with Crippen LogP contribution in [0.5, 0.6) is 17.2 Å². The number of aliphatic imine (C=N–C) groups is 1. The van der Waals surface area contributed by atoms with E-state index in [-0.39, 0.29) is 5.75 Å². The van der Waals surface area contributed by atoms with Crippen LogP contribution in [-0.2, 0) is 0 Å². The molecule has 0 amide bonds. The number of fused-ring (bicyclic) bond motifs is 1. The van der Waals surface area contributed by atoms with Gasteiger partial charge >= 0.3 is 5.69 Å². The van der Waals surface area contributed by atoms with Gasteiger partial charge in [-0.1, -0.05) is 18.2 Å². The van der Waals surface area contributed by atoms with E-state index in [0.717, 1.165) is 17.7 Å². The van der Waals surface area contributed by atoms with E-state index in [1.54, 1.807) is 55.8 Å². The Morgan fingerprint density at radius 3 is 2.50 bits per heavy atom. The van der Waals surface area contributed by atoms with E-state index in [1.807, 2.05) is 24.3 Å². The second-order valence-electron chi connectivity index (χ2n) is 8.00. The molecule has 11 nitrogen and oxygen atoms in total. The van der Waals surface area contributed by atoms with Crippen molar-refractivity contribution < 1.29 is 23.7 Å². The molecule has 1 heterocycles. The van der Waals surface area contributed by atoms with Gasteiger partial charge < -0.3 is 13.9 Å². The third-order valence-electron chi connectivity index (χ3n) is 5.49. The number of non-ortho nitro benzene ring substituents is 1.